The molecule has 1 aliphatic heterocycles. The average Bonchev–Trinajstić information content (AvgIpc) is 3.08. The third-order valence-corrected chi connectivity index (χ3v) is 6.39. The van der Waals surface area contributed by atoms with E-state index in [4.69, 9.17) is 0 Å². The number of nitrogens with zero attached hydrogens (tertiary/aromatic N) is 4. The maximum Gasteiger partial charge on any atom is 0.230 e. The molecule has 4 rings (SSSR count). The first-order chi connectivity index (χ1) is 12.0. The van der Waals surface area contributed by atoms with Gasteiger partial charge in [0.1, 0.15) is 5.82 Å². The zero-order valence-electron chi connectivity index (χ0n) is 14.3. The summed E-state index contributed by atoms with van der Waals surface area (Å²) in [5, 5.41) is 15.1. The number of aromatic nitrogens is 3. The molecule has 1 N–H and O–H groups in total. The number of rotatable bonds is 3. The summed E-state index contributed by atoms with van der Waals surface area (Å²) < 4.78 is 2.62. The number of aryl methyl sites for hydroxylation is 1. The van der Waals surface area contributed by atoms with E-state index in [0.717, 1.165) is 27.4 Å². The van der Waals surface area contributed by atoms with Crippen molar-refractivity contribution in [2.24, 2.45) is 5.92 Å². The zero-order valence-corrected chi connectivity index (χ0v) is 16.7. The Hall–Kier alpha value is -1.44. The van der Waals surface area contributed by atoms with Crippen LogP contribution < -0.4 is 0 Å². The molecule has 25 heavy (non-hydrogen) atoms. The van der Waals surface area contributed by atoms with Gasteiger partial charge in [-0.1, -0.05) is 46.3 Å². The minimum atomic E-state index is 0.0321. The predicted octanol–water partition coefficient (Wildman–Crippen LogP) is 4.39. The Morgan fingerprint density at radius 2 is 2.08 bits per heavy atom. The molecule has 0 aliphatic carbocycles. The van der Waals surface area contributed by atoms with Crippen LogP contribution in [0.25, 0.3) is 4.96 Å². The SMILES string of the molecule is Cc1nc2sc([C@H](c3ccc(Br)cc3)N3CCC[C@H](C)C3)c(O)n2n1. The summed E-state index contributed by atoms with van der Waals surface area (Å²) in [5.41, 5.74) is 1.19. The van der Waals surface area contributed by atoms with E-state index in [-0.39, 0.29) is 11.9 Å². The lowest BCUT2D eigenvalue weighted by atomic mass is 9.95. The lowest BCUT2D eigenvalue weighted by Gasteiger charge is -2.37. The number of likely N-dealkylation sites (tertiary alicyclic amines) is 1. The maximum absolute atomic E-state index is 10.8. The predicted molar refractivity (Wildman–Crippen MR) is 103 cm³/mol. The molecular weight excluding hydrogens is 400 g/mol. The number of thiazole rings is 1. The van der Waals surface area contributed by atoms with Gasteiger partial charge in [-0.05, 0) is 49.9 Å². The Morgan fingerprint density at radius 1 is 1.32 bits per heavy atom. The molecule has 0 radical (unpaired) electrons. The average molecular weight is 421 g/mol. The largest absolute Gasteiger partial charge is 0.492 e. The fourth-order valence-corrected chi connectivity index (χ4v) is 5.09. The summed E-state index contributed by atoms with van der Waals surface area (Å²) in [4.78, 5) is 8.58. The van der Waals surface area contributed by atoms with Crippen LogP contribution in [0.4, 0.5) is 0 Å². The van der Waals surface area contributed by atoms with Crippen molar-refractivity contribution >= 4 is 32.2 Å². The lowest BCUT2D eigenvalue weighted by molar-refractivity contribution is 0.149. The second kappa shape index (κ2) is 6.70. The van der Waals surface area contributed by atoms with Crippen LogP contribution >= 0.6 is 27.3 Å². The van der Waals surface area contributed by atoms with Crippen molar-refractivity contribution in [3.05, 3.63) is 45.0 Å². The summed E-state index contributed by atoms with van der Waals surface area (Å²) in [6.45, 7) is 6.22. The van der Waals surface area contributed by atoms with Gasteiger partial charge in [0.05, 0.1) is 10.9 Å². The Labute approximate surface area is 159 Å². The van der Waals surface area contributed by atoms with E-state index in [2.05, 4.69) is 62.1 Å². The molecule has 0 amide bonds. The summed E-state index contributed by atoms with van der Waals surface area (Å²) in [5.74, 6) is 1.56. The molecule has 5 nitrogen and oxygen atoms in total. The first kappa shape index (κ1) is 17.0. The van der Waals surface area contributed by atoms with E-state index >= 15 is 0 Å². The Morgan fingerprint density at radius 3 is 2.76 bits per heavy atom. The smallest absolute Gasteiger partial charge is 0.230 e. The molecule has 0 bridgehead atoms. The van der Waals surface area contributed by atoms with Crippen LogP contribution in [0.2, 0.25) is 0 Å². The second-order valence-electron chi connectivity index (χ2n) is 6.84. The molecule has 0 unspecified atom stereocenters. The van der Waals surface area contributed by atoms with Gasteiger partial charge in [-0.2, -0.15) is 4.52 Å². The topological polar surface area (TPSA) is 53.7 Å². The highest BCUT2D eigenvalue weighted by atomic mass is 79.9. The van der Waals surface area contributed by atoms with Crippen molar-refractivity contribution < 1.29 is 5.11 Å². The van der Waals surface area contributed by atoms with E-state index in [1.807, 2.05) is 6.92 Å². The van der Waals surface area contributed by atoms with Crippen LogP contribution in [-0.4, -0.2) is 37.7 Å². The van der Waals surface area contributed by atoms with Crippen molar-refractivity contribution in [2.45, 2.75) is 32.7 Å². The normalized spacial score (nSPS) is 20.2. The first-order valence-electron chi connectivity index (χ1n) is 8.57. The molecule has 0 spiro atoms. The van der Waals surface area contributed by atoms with E-state index in [1.54, 1.807) is 4.52 Å². The van der Waals surface area contributed by atoms with Gasteiger partial charge in [0.2, 0.25) is 10.8 Å². The number of halogens is 1. The number of benzene rings is 1. The third-order valence-electron chi connectivity index (χ3n) is 4.79. The summed E-state index contributed by atoms with van der Waals surface area (Å²) >= 11 is 5.05. The van der Waals surface area contributed by atoms with Crippen molar-refractivity contribution in [2.75, 3.05) is 13.1 Å². The van der Waals surface area contributed by atoms with Gasteiger partial charge in [0.15, 0.2) is 0 Å². The molecule has 7 heteroatoms. The van der Waals surface area contributed by atoms with Gasteiger partial charge in [-0.3, -0.25) is 4.90 Å². The van der Waals surface area contributed by atoms with Crippen LogP contribution in [0.3, 0.4) is 0 Å². The van der Waals surface area contributed by atoms with Crippen LogP contribution in [0, 0.1) is 12.8 Å². The highest BCUT2D eigenvalue weighted by molar-refractivity contribution is 9.10. The number of hydrogen-bond donors (Lipinski definition) is 1. The minimum Gasteiger partial charge on any atom is -0.492 e. The van der Waals surface area contributed by atoms with Crippen LogP contribution in [0.1, 0.15) is 42.1 Å². The minimum absolute atomic E-state index is 0.0321. The van der Waals surface area contributed by atoms with Gasteiger partial charge in [-0.25, -0.2) is 4.98 Å². The highest BCUT2D eigenvalue weighted by Crippen LogP contribution is 2.41. The number of aromatic hydroxyl groups is 1. The molecule has 2 atom stereocenters. The molecule has 3 heterocycles. The monoisotopic (exact) mass is 420 g/mol. The van der Waals surface area contributed by atoms with E-state index in [9.17, 15) is 5.11 Å². The molecule has 3 aromatic rings. The molecule has 1 saturated heterocycles. The first-order valence-corrected chi connectivity index (χ1v) is 10.2. The van der Waals surface area contributed by atoms with Crippen LogP contribution in [0.15, 0.2) is 28.7 Å². The molecule has 0 saturated carbocycles. The summed E-state index contributed by atoms with van der Waals surface area (Å²) in [6, 6.07) is 8.43. The standard InChI is InChI=1S/C18H21BrN4OS/c1-11-4-3-9-22(10-11)15(13-5-7-14(19)8-6-13)16-17(24)23-18(25-16)20-12(2)21-23/h5-8,11,15,24H,3-4,9-10H2,1-2H3/t11-,15-/m0/s1. The van der Waals surface area contributed by atoms with E-state index < -0.39 is 0 Å². The van der Waals surface area contributed by atoms with Crippen molar-refractivity contribution in [1.29, 1.82) is 0 Å². The molecular formula is C18H21BrN4OS. The van der Waals surface area contributed by atoms with Gasteiger partial charge in [-0.15, -0.1) is 5.10 Å². The maximum atomic E-state index is 10.8. The van der Waals surface area contributed by atoms with Gasteiger partial charge in [0.25, 0.3) is 0 Å². The van der Waals surface area contributed by atoms with Gasteiger partial charge >= 0.3 is 0 Å². The van der Waals surface area contributed by atoms with Crippen LogP contribution in [-0.2, 0) is 0 Å². The fraction of sp³-hybridized carbons (Fsp3) is 0.444. The zero-order chi connectivity index (χ0) is 17.6. The second-order valence-corrected chi connectivity index (χ2v) is 8.76. The molecule has 132 valence electrons. The van der Waals surface area contributed by atoms with E-state index in [1.165, 1.54) is 29.7 Å². The highest BCUT2D eigenvalue weighted by Gasteiger charge is 2.31. The van der Waals surface area contributed by atoms with Gasteiger partial charge in [0, 0.05) is 11.0 Å². The quantitative estimate of drug-likeness (QED) is 0.682. The number of hydrogen-bond acceptors (Lipinski definition) is 5. The molecule has 2 aromatic heterocycles. The Bertz CT molecular complexity index is 889. The molecule has 1 aliphatic rings. The van der Waals surface area contributed by atoms with E-state index in [0.29, 0.717) is 11.7 Å². The fourth-order valence-electron chi connectivity index (χ4n) is 3.66. The van der Waals surface area contributed by atoms with Crippen molar-refractivity contribution in [3.8, 4) is 5.88 Å². The molecule has 1 aromatic carbocycles. The van der Waals surface area contributed by atoms with Crippen LogP contribution in [0.5, 0.6) is 5.88 Å². The number of piperidine rings is 1. The lowest BCUT2D eigenvalue weighted by Crippen LogP contribution is -2.37. The number of fused-ring (bicyclic) bond motifs is 1. The Balaban J connectivity index is 1.81. The summed E-state index contributed by atoms with van der Waals surface area (Å²) in [6.07, 6.45) is 2.46. The van der Waals surface area contributed by atoms with Crippen molar-refractivity contribution in [1.82, 2.24) is 19.5 Å². The van der Waals surface area contributed by atoms with Gasteiger partial charge < -0.3 is 5.11 Å². The summed E-state index contributed by atoms with van der Waals surface area (Å²) in [7, 11) is 0. The van der Waals surface area contributed by atoms with Crippen molar-refractivity contribution in [3.63, 3.8) is 0 Å². The third kappa shape index (κ3) is 3.20. The Kier molecular flexibility index (Phi) is 4.56. The molecule has 1 fully saturated rings.